The summed E-state index contributed by atoms with van der Waals surface area (Å²) in [5, 5.41) is 13.3. The molecule has 1 aromatic heterocycles. The van der Waals surface area contributed by atoms with Gasteiger partial charge in [-0.1, -0.05) is 25.7 Å². The van der Waals surface area contributed by atoms with Crippen LogP contribution in [0.25, 0.3) is 0 Å². The Morgan fingerprint density at radius 1 is 1.62 bits per heavy atom. The third-order valence-corrected chi connectivity index (χ3v) is 2.76. The zero-order valence-electron chi connectivity index (χ0n) is 9.41. The second-order valence-corrected chi connectivity index (χ2v) is 4.64. The predicted molar refractivity (Wildman–Crippen MR) is 65.5 cm³/mol. The molecule has 86 valence electrons. The molecule has 2 N–H and O–H groups in total. The van der Waals surface area contributed by atoms with Gasteiger partial charge in [0.2, 0.25) is 0 Å². The van der Waals surface area contributed by atoms with Crippen LogP contribution in [0.3, 0.4) is 0 Å². The molecule has 0 aliphatic rings. The molecule has 1 aromatic rings. The minimum Gasteiger partial charge on any atom is -0.384 e. The predicted octanol–water partition coefficient (Wildman–Crippen LogP) is 1.48. The summed E-state index contributed by atoms with van der Waals surface area (Å²) in [6.45, 7) is 4.55. The lowest BCUT2D eigenvalue weighted by Crippen LogP contribution is -2.27. The fourth-order valence-corrected chi connectivity index (χ4v) is 1.86. The van der Waals surface area contributed by atoms with E-state index in [9.17, 15) is 4.79 Å². The molecule has 0 spiro atoms. The largest absolute Gasteiger partial charge is 0.384 e. The van der Waals surface area contributed by atoms with Gasteiger partial charge in [0.15, 0.2) is 0 Å². The number of hydrogen-bond donors (Lipinski definition) is 2. The van der Waals surface area contributed by atoms with Crippen molar-refractivity contribution in [3.63, 3.8) is 0 Å². The smallest absolute Gasteiger partial charge is 0.262 e. The minimum atomic E-state index is -0.192. The van der Waals surface area contributed by atoms with E-state index in [0.29, 0.717) is 22.9 Å². The average molecular weight is 237 g/mol. The maximum absolute atomic E-state index is 11.8. The van der Waals surface area contributed by atoms with E-state index in [0.717, 1.165) is 0 Å². The number of hydrogen-bond acceptors (Lipinski definition) is 3. The minimum absolute atomic E-state index is 0.0917. The number of rotatable bonds is 3. The highest BCUT2D eigenvalue weighted by Gasteiger charge is 2.11. The van der Waals surface area contributed by atoms with Crippen LogP contribution in [0.15, 0.2) is 11.4 Å². The van der Waals surface area contributed by atoms with Crippen LogP contribution in [0.2, 0.25) is 0 Å². The lowest BCUT2D eigenvalue weighted by atomic mass is 10.2. The molecule has 1 amide bonds. The van der Waals surface area contributed by atoms with Crippen LogP contribution < -0.4 is 5.32 Å². The first-order valence-electron chi connectivity index (χ1n) is 5.10. The number of carbonyl (C=O) groups excluding carboxylic acids is 1. The Bertz CT molecular complexity index is 412. The molecule has 0 unspecified atom stereocenters. The van der Waals surface area contributed by atoms with E-state index < -0.39 is 0 Å². The van der Waals surface area contributed by atoms with Gasteiger partial charge in [0.05, 0.1) is 0 Å². The lowest BCUT2D eigenvalue weighted by molar-refractivity contribution is 0.0953. The zero-order valence-corrected chi connectivity index (χ0v) is 10.2. The van der Waals surface area contributed by atoms with Crippen LogP contribution in [-0.4, -0.2) is 24.2 Å². The van der Waals surface area contributed by atoms with Gasteiger partial charge in [-0.05, 0) is 17.4 Å². The van der Waals surface area contributed by atoms with E-state index in [2.05, 4.69) is 17.2 Å². The Hall–Kier alpha value is -1.31. The first-order valence-corrected chi connectivity index (χ1v) is 5.98. The molecule has 0 bridgehead atoms. The quantitative estimate of drug-likeness (QED) is 0.782. The molecular formula is C12H15NO2S. The van der Waals surface area contributed by atoms with Crippen molar-refractivity contribution in [2.24, 2.45) is 5.92 Å². The molecule has 4 heteroatoms. The Kier molecular flexibility index (Phi) is 5.03. The molecule has 0 saturated heterocycles. The molecule has 0 atom stereocenters. The summed E-state index contributed by atoms with van der Waals surface area (Å²) >= 11 is 1.36. The van der Waals surface area contributed by atoms with E-state index in [-0.39, 0.29) is 12.5 Å². The van der Waals surface area contributed by atoms with Crippen LogP contribution >= 0.6 is 11.3 Å². The van der Waals surface area contributed by atoms with Crippen molar-refractivity contribution in [3.8, 4) is 11.8 Å². The molecule has 0 fully saturated rings. The normalized spacial score (nSPS) is 9.75. The summed E-state index contributed by atoms with van der Waals surface area (Å²) in [4.78, 5) is 12.4. The highest BCUT2D eigenvalue weighted by atomic mass is 32.1. The van der Waals surface area contributed by atoms with Gasteiger partial charge >= 0.3 is 0 Å². The van der Waals surface area contributed by atoms with Crippen molar-refractivity contribution in [1.29, 1.82) is 0 Å². The lowest BCUT2D eigenvalue weighted by Gasteiger charge is -2.06. The summed E-state index contributed by atoms with van der Waals surface area (Å²) in [5.74, 6) is 5.64. The maximum atomic E-state index is 11.8. The molecule has 0 radical (unpaired) electrons. The van der Waals surface area contributed by atoms with Crippen molar-refractivity contribution in [2.45, 2.75) is 13.8 Å². The van der Waals surface area contributed by atoms with Crippen molar-refractivity contribution >= 4 is 17.2 Å². The molecule has 0 aromatic carbocycles. The molecule has 1 rings (SSSR count). The zero-order chi connectivity index (χ0) is 12.0. The number of nitrogens with one attached hydrogen (secondary N) is 1. The highest BCUT2D eigenvalue weighted by molar-refractivity contribution is 7.12. The Labute approximate surface area is 99.5 Å². The van der Waals surface area contributed by atoms with Gasteiger partial charge < -0.3 is 10.4 Å². The van der Waals surface area contributed by atoms with Gasteiger partial charge in [-0.15, -0.1) is 11.3 Å². The van der Waals surface area contributed by atoms with E-state index >= 15 is 0 Å². The number of aliphatic hydroxyl groups is 1. The second-order valence-electron chi connectivity index (χ2n) is 3.73. The first kappa shape index (κ1) is 12.8. The van der Waals surface area contributed by atoms with Gasteiger partial charge in [-0.3, -0.25) is 4.79 Å². The Morgan fingerprint density at radius 2 is 2.38 bits per heavy atom. The standard InChI is InChI=1S/C12H15NO2S/c1-9(2)8-13-12(15)11-10(4-3-6-14)5-7-16-11/h5,7,9,14H,6,8H2,1-2H3,(H,13,15). The fourth-order valence-electron chi connectivity index (χ4n) is 1.10. The third kappa shape index (κ3) is 3.69. The highest BCUT2D eigenvalue weighted by Crippen LogP contribution is 2.15. The molecule has 0 aliphatic carbocycles. The van der Waals surface area contributed by atoms with E-state index in [1.807, 2.05) is 19.2 Å². The molecular weight excluding hydrogens is 222 g/mol. The summed E-state index contributed by atoms with van der Waals surface area (Å²) in [5.41, 5.74) is 0.681. The van der Waals surface area contributed by atoms with E-state index in [1.165, 1.54) is 11.3 Å². The van der Waals surface area contributed by atoms with Crippen LogP contribution in [-0.2, 0) is 0 Å². The number of carbonyl (C=O) groups is 1. The monoisotopic (exact) mass is 237 g/mol. The van der Waals surface area contributed by atoms with Gasteiger partial charge in [-0.2, -0.15) is 0 Å². The second kappa shape index (κ2) is 6.31. The molecule has 3 nitrogen and oxygen atoms in total. The van der Waals surface area contributed by atoms with Crippen LogP contribution in [0.4, 0.5) is 0 Å². The molecule has 1 heterocycles. The van der Waals surface area contributed by atoms with Crippen LogP contribution in [0.1, 0.15) is 29.1 Å². The SMILES string of the molecule is CC(C)CNC(=O)c1sccc1C#CCO. The summed E-state index contributed by atoms with van der Waals surface area (Å²) in [6, 6.07) is 1.79. The van der Waals surface area contributed by atoms with Gasteiger partial charge in [0, 0.05) is 12.1 Å². The van der Waals surface area contributed by atoms with Gasteiger partial charge in [-0.25, -0.2) is 0 Å². The van der Waals surface area contributed by atoms with Crippen LogP contribution in [0, 0.1) is 17.8 Å². The van der Waals surface area contributed by atoms with E-state index in [4.69, 9.17) is 5.11 Å². The molecule has 16 heavy (non-hydrogen) atoms. The maximum Gasteiger partial charge on any atom is 0.262 e. The van der Waals surface area contributed by atoms with Gasteiger partial charge in [0.1, 0.15) is 11.5 Å². The molecule has 0 aliphatic heterocycles. The molecule has 0 saturated carbocycles. The topological polar surface area (TPSA) is 49.3 Å². The van der Waals surface area contributed by atoms with Crippen molar-refractivity contribution in [3.05, 3.63) is 21.9 Å². The first-order chi connectivity index (χ1) is 7.65. The third-order valence-electron chi connectivity index (χ3n) is 1.84. The Balaban J connectivity index is 2.72. The van der Waals surface area contributed by atoms with Crippen molar-refractivity contribution in [2.75, 3.05) is 13.2 Å². The van der Waals surface area contributed by atoms with Crippen molar-refractivity contribution < 1.29 is 9.90 Å². The number of aliphatic hydroxyl groups excluding tert-OH is 1. The average Bonchev–Trinajstić information content (AvgIpc) is 2.71. The summed E-state index contributed by atoms with van der Waals surface area (Å²) in [7, 11) is 0. The van der Waals surface area contributed by atoms with E-state index in [1.54, 1.807) is 6.07 Å². The fraction of sp³-hybridized carbons (Fsp3) is 0.417. The van der Waals surface area contributed by atoms with Crippen molar-refractivity contribution in [1.82, 2.24) is 5.32 Å². The number of thiophene rings is 1. The summed E-state index contributed by atoms with van der Waals surface area (Å²) < 4.78 is 0. The van der Waals surface area contributed by atoms with Crippen LogP contribution in [0.5, 0.6) is 0 Å². The number of amides is 1. The summed E-state index contributed by atoms with van der Waals surface area (Å²) in [6.07, 6.45) is 0. The Morgan fingerprint density at radius 3 is 3.00 bits per heavy atom. The van der Waals surface area contributed by atoms with Gasteiger partial charge in [0.25, 0.3) is 5.91 Å².